The summed E-state index contributed by atoms with van der Waals surface area (Å²) in [7, 11) is -2.15. The van der Waals surface area contributed by atoms with Gasteiger partial charge in [-0.05, 0) is 43.3 Å². The maximum atomic E-state index is 12.4. The highest BCUT2D eigenvalue weighted by molar-refractivity contribution is 7.89. The molecule has 28 heavy (non-hydrogen) atoms. The van der Waals surface area contributed by atoms with Crippen LogP contribution in [0.25, 0.3) is 10.6 Å². The molecule has 1 amide bonds. The Morgan fingerprint density at radius 1 is 1.21 bits per heavy atom. The lowest BCUT2D eigenvalue weighted by molar-refractivity contribution is 0.102. The van der Waals surface area contributed by atoms with E-state index >= 15 is 0 Å². The largest absolute Gasteiger partial charge is 0.383 e. The summed E-state index contributed by atoms with van der Waals surface area (Å²) < 4.78 is 31.5. The number of amides is 1. The fourth-order valence-corrected chi connectivity index (χ4v) is 4.27. The molecule has 0 aliphatic carbocycles. The van der Waals surface area contributed by atoms with E-state index < -0.39 is 10.0 Å². The number of nitrogens with zero attached hydrogens (tertiary/aromatic N) is 1. The quantitative estimate of drug-likeness (QED) is 0.485. The van der Waals surface area contributed by atoms with Crippen molar-refractivity contribution in [3.8, 4) is 10.6 Å². The van der Waals surface area contributed by atoms with E-state index in [0.29, 0.717) is 11.4 Å². The molecule has 8 nitrogen and oxygen atoms in total. The summed E-state index contributed by atoms with van der Waals surface area (Å²) >= 11 is 1.63. The van der Waals surface area contributed by atoms with Crippen LogP contribution in [0, 0.1) is 6.92 Å². The highest BCUT2D eigenvalue weighted by Gasteiger charge is 2.15. The van der Waals surface area contributed by atoms with Gasteiger partial charge >= 0.3 is 0 Å². The van der Waals surface area contributed by atoms with E-state index in [-0.39, 0.29) is 24.0 Å². The predicted octanol–water partition coefficient (Wildman–Crippen LogP) is 2.62. The third-order valence-corrected chi connectivity index (χ3v) is 6.36. The van der Waals surface area contributed by atoms with Crippen LogP contribution in [0.3, 0.4) is 0 Å². The van der Waals surface area contributed by atoms with Gasteiger partial charge in [-0.3, -0.25) is 9.89 Å². The van der Waals surface area contributed by atoms with Crippen LogP contribution in [-0.2, 0) is 14.8 Å². The SMILES string of the molecule is COCCNS(=O)(=O)c1ccc(C(=O)Nc2cc(-c3ccc(C)s3)[nH]n2)cc1. The minimum Gasteiger partial charge on any atom is -0.383 e. The summed E-state index contributed by atoms with van der Waals surface area (Å²) in [4.78, 5) is 14.7. The normalized spacial score (nSPS) is 11.5. The Morgan fingerprint density at radius 3 is 2.61 bits per heavy atom. The van der Waals surface area contributed by atoms with Crippen LogP contribution in [0.4, 0.5) is 5.82 Å². The Hall–Kier alpha value is -2.53. The number of sulfonamides is 1. The lowest BCUT2D eigenvalue weighted by atomic mass is 10.2. The first kappa shape index (κ1) is 20.2. The average Bonchev–Trinajstić information content (AvgIpc) is 3.31. The Bertz CT molecular complexity index is 1060. The third-order valence-electron chi connectivity index (χ3n) is 3.85. The van der Waals surface area contributed by atoms with Gasteiger partial charge in [0.2, 0.25) is 10.0 Å². The average molecular weight is 421 g/mol. The number of nitrogens with one attached hydrogen (secondary N) is 3. The zero-order valence-electron chi connectivity index (χ0n) is 15.4. The van der Waals surface area contributed by atoms with Crippen molar-refractivity contribution in [2.75, 3.05) is 25.6 Å². The number of methoxy groups -OCH3 is 1. The van der Waals surface area contributed by atoms with Crippen LogP contribution in [0.15, 0.2) is 47.4 Å². The van der Waals surface area contributed by atoms with Gasteiger partial charge in [0.05, 0.1) is 22.1 Å². The maximum Gasteiger partial charge on any atom is 0.256 e. The summed E-state index contributed by atoms with van der Waals surface area (Å²) in [6.07, 6.45) is 0. The second-order valence-electron chi connectivity index (χ2n) is 5.95. The van der Waals surface area contributed by atoms with Gasteiger partial charge in [-0.2, -0.15) is 5.10 Å². The summed E-state index contributed by atoms with van der Waals surface area (Å²) in [5.74, 6) is 0.0145. The first-order valence-electron chi connectivity index (χ1n) is 8.41. The lowest BCUT2D eigenvalue weighted by Gasteiger charge is -2.07. The van der Waals surface area contributed by atoms with Gasteiger partial charge in [-0.15, -0.1) is 11.3 Å². The number of aromatic nitrogens is 2. The number of anilines is 1. The Labute approximate surface area is 167 Å². The first-order valence-corrected chi connectivity index (χ1v) is 10.7. The minimum atomic E-state index is -3.64. The van der Waals surface area contributed by atoms with Crippen LogP contribution >= 0.6 is 11.3 Å². The molecule has 0 unspecified atom stereocenters. The van der Waals surface area contributed by atoms with Crippen LogP contribution in [0.1, 0.15) is 15.2 Å². The van der Waals surface area contributed by atoms with Crippen LogP contribution < -0.4 is 10.0 Å². The molecule has 0 aliphatic heterocycles. The van der Waals surface area contributed by atoms with Gasteiger partial charge in [-0.25, -0.2) is 13.1 Å². The number of carbonyl (C=O) groups excluding carboxylic acids is 1. The highest BCUT2D eigenvalue weighted by Crippen LogP contribution is 2.27. The van der Waals surface area contributed by atoms with Gasteiger partial charge < -0.3 is 10.1 Å². The summed E-state index contributed by atoms with van der Waals surface area (Å²) in [6.45, 7) is 2.47. The van der Waals surface area contributed by atoms with Crippen LogP contribution in [0.2, 0.25) is 0 Å². The molecule has 0 spiro atoms. The minimum absolute atomic E-state index is 0.0790. The zero-order chi connectivity index (χ0) is 20.1. The third kappa shape index (κ3) is 4.84. The number of aryl methyl sites for hydroxylation is 1. The molecule has 0 atom stereocenters. The number of carbonyl (C=O) groups is 1. The number of benzene rings is 1. The number of ether oxygens (including phenoxy) is 1. The van der Waals surface area contributed by atoms with Crippen molar-refractivity contribution in [3.63, 3.8) is 0 Å². The van der Waals surface area contributed by atoms with E-state index in [9.17, 15) is 13.2 Å². The number of H-pyrrole nitrogens is 1. The number of rotatable bonds is 8. The summed E-state index contributed by atoms with van der Waals surface area (Å²) in [6, 6.07) is 11.4. The molecule has 2 heterocycles. The van der Waals surface area contributed by atoms with Crippen molar-refractivity contribution in [1.29, 1.82) is 0 Å². The van der Waals surface area contributed by atoms with Gasteiger partial charge in [0.25, 0.3) is 5.91 Å². The van der Waals surface area contributed by atoms with Gasteiger partial charge in [-0.1, -0.05) is 0 Å². The zero-order valence-corrected chi connectivity index (χ0v) is 17.0. The monoisotopic (exact) mass is 420 g/mol. The Morgan fingerprint density at radius 2 is 1.96 bits per heavy atom. The molecule has 3 aromatic rings. The van der Waals surface area contributed by atoms with Crippen molar-refractivity contribution >= 4 is 33.1 Å². The molecule has 0 bridgehead atoms. The van der Waals surface area contributed by atoms with Gasteiger partial charge in [0.15, 0.2) is 5.82 Å². The molecule has 10 heteroatoms. The van der Waals surface area contributed by atoms with Gasteiger partial charge in [0, 0.05) is 30.2 Å². The van der Waals surface area contributed by atoms with E-state index in [2.05, 4.69) is 20.2 Å². The highest BCUT2D eigenvalue weighted by atomic mass is 32.2. The number of hydrogen-bond donors (Lipinski definition) is 3. The fraction of sp³-hybridized carbons (Fsp3) is 0.222. The molecule has 1 aromatic carbocycles. The van der Waals surface area contributed by atoms with E-state index in [1.54, 1.807) is 17.4 Å². The molecule has 3 N–H and O–H groups in total. The first-order chi connectivity index (χ1) is 13.4. The molecule has 148 valence electrons. The van der Waals surface area contributed by atoms with Crippen molar-refractivity contribution in [1.82, 2.24) is 14.9 Å². The van der Waals surface area contributed by atoms with Crippen molar-refractivity contribution < 1.29 is 17.9 Å². The fourth-order valence-electron chi connectivity index (χ4n) is 2.43. The maximum absolute atomic E-state index is 12.4. The lowest BCUT2D eigenvalue weighted by Crippen LogP contribution is -2.27. The molecule has 0 aliphatic rings. The number of aromatic amines is 1. The van der Waals surface area contributed by atoms with E-state index in [0.717, 1.165) is 10.6 Å². The second-order valence-corrected chi connectivity index (χ2v) is 9.00. The molecule has 3 rings (SSSR count). The second kappa shape index (κ2) is 8.65. The number of hydrogen-bond acceptors (Lipinski definition) is 6. The molecular formula is C18H20N4O4S2. The topological polar surface area (TPSA) is 113 Å². The molecular weight excluding hydrogens is 400 g/mol. The molecule has 0 fully saturated rings. The number of thiophene rings is 1. The standard InChI is InChI=1S/C18H20N4O4S2/c1-12-3-8-16(27-12)15-11-17(22-21-15)20-18(23)13-4-6-14(7-5-13)28(24,25)19-9-10-26-2/h3-8,11,19H,9-10H2,1-2H3,(H2,20,21,22,23). The molecule has 2 aromatic heterocycles. The summed E-state index contributed by atoms with van der Waals surface area (Å²) in [5, 5.41) is 9.69. The van der Waals surface area contributed by atoms with Crippen LogP contribution in [0.5, 0.6) is 0 Å². The van der Waals surface area contributed by atoms with E-state index in [1.807, 2.05) is 19.1 Å². The molecule has 0 radical (unpaired) electrons. The summed E-state index contributed by atoms with van der Waals surface area (Å²) in [5.41, 5.74) is 1.14. The van der Waals surface area contributed by atoms with E-state index in [4.69, 9.17) is 4.74 Å². The Balaban J connectivity index is 1.66. The molecule has 0 saturated heterocycles. The van der Waals surface area contributed by atoms with Crippen LogP contribution in [-0.4, -0.2) is 44.8 Å². The van der Waals surface area contributed by atoms with Gasteiger partial charge in [0.1, 0.15) is 0 Å². The Kier molecular flexibility index (Phi) is 6.25. The van der Waals surface area contributed by atoms with Crippen molar-refractivity contribution in [2.45, 2.75) is 11.8 Å². The van der Waals surface area contributed by atoms with E-state index in [1.165, 1.54) is 36.3 Å². The van der Waals surface area contributed by atoms with Crippen molar-refractivity contribution in [3.05, 3.63) is 52.9 Å². The molecule has 0 saturated carbocycles. The smallest absolute Gasteiger partial charge is 0.256 e. The van der Waals surface area contributed by atoms with Crippen molar-refractivity contribution in [2.24, 2.45) is 0 Å². The predicted molar refractivity (Wildman–Crippen MR) is 108 cm³/mol.